The van der Waals surface area contributed by atoms with Crippen LogP contribution in [0.15, 0.2) is 328 Å². The van der Waals surface area contributed by atoms with Crippen molar-refractivity contribution in [2.24, 2.45) is 0 Å². The van der Waals surface area contributed by atoms with E-state index in [4.69, 9.17) is 0 Å². The maximum absolute atomic E-state index is 2.43. The third kappa shape index (κ3) is 9.09. The SMILES string of the molecule is c1ccc(-c2ccc3c(c2)sc2cc(-c4ccc(-c5ccc6c(c5)sc5c7ccccc7n(-c7ccccc7)c65)cc4)ccc23)cc1.c1ccc(-c2cccc3c2sc2c(-c4ccc(-c5ccc6c(c5)sc5c7ccccc7n(-c7ccccc7)c65)cc4)cccc23)cc1. The molecule has 2 nitrogen and oxygen atoms in total. The van der Waals surface area contributed by atoms with Crippen molar-refractivity contribution in [1.29, 1.82) is 0 Å². The van der Waals surface area contributed by atoms with E-state index in [0.717, 1.165) is 0 Å². The summed E-state index contributed by atoms with van der Waals surface area (Å²) < 4.78 is 15.5. The first-order valence-electron chi connectivity index (χ1n) is 31.9. The van der Waals surface area contributed by atoms with Gasteiger partial charge in [-0.1, -0.05) is 267 Å². The van der Waals surface area contributed by atoms with Crippen molar-refractivity contribution in [3.63, 3.8) is 0 Å². The third-order valence-corrected chi connectivity index (χ3v) is 23.6. The smallest absolute Gasteiger partial charge is 0.0727 e. The summed E-state index contributed by atoms with van der Waals surface area (Å²) in [6, 6.07) is 120. The first kappa shape index (κ1) is 54.7. The Morgan fingerprint density at radius 1 is 0.181 bits per heavy atom. The first-order valence-corrected chi connectivity index (χ1v) is 35.1. The summed E-state index contributed by atoms with van der Waals surface area (Å²) in [5, 5.41) is 10.5. The van der Waals surface area contributed by atoms with Gasteiger partial charge in [-0.2, -0.15) is 0 Å². The molecule has 440 valence electrons. The van der Waals surface area contributed by atoms with Gasteiger partial charge >= 0.3 is 0 Å². The van der Waals surface area contributed by atoms with Crippen molar-refractivity contribution >= 4 is 148 Å². The molecular weight excluding hydrogens is 1210 g/mol. The number of hydrogen-bond donors (Lipinski definition) is 0. The predicted octanol–water partition coefficient (Wildman–Crippen LogP) is 26.7. The zero-order valence-corrected chi connectivity index (χ0v) is 54.0. The molecule has 6 aromatic heterocycles. The molecule has 0 aliphatic rings. The molecule has 0 saturated heterocycles. The van der Waals surface area contributed by atoms with Gasteiger partial charge in [0.25, 0.3) is 0 Å². The Hall–Kier alpha value is -11.0. The van der Waals surface area contributed by atoms with Crippen molar-refractivity contribution < 1.29 is 0 Å². The number of para-hydroxylation sites is 4. The second kappa shape index (κ2) is 22.4. The van der Waals surface area contributed by atoms with E-state index in [1.54, 1.807) is 0 Å². The van der Waals surface area contributed by atoms with Crippen LogP contribution >= 0.6 is 45.3 Å². The molecule has 0 aliphatic heterocycles. The van der Waals surface area contributed by atoms with E-state index in [0.29, 0.717) is 0 Å². The molecular formula is C88H54N2S4. The molecule has 0 spiro atoms. The number of nitrogens with zero attached hydrogens (tertiary/aromatic N) is 2. The Kier molecular flexibility index (Phi) is 13.1. The van der Waals surface area contributed by atoms with Crippen LogP contribution in [0.5, 0.6) is 0 Å². The standard InChI is InChI=1S/2C44H27NS2/c1-3-11-29(12-4-1)33-16-9-18-35-36-19-10-17-34(43(36)47-42(33)35)30-23-21-28(22-24-30)31-25-26-38-40(27-31)46-44-37-15-7-8-20-39(37)45(41(38)44)32-13-5-2-6-14-32;1-3-9-28(10-4-1)31-19-22-35-36-23-20-32(26-41(36)46-40(35)25-31)29-15-17-30(18-16-29)33-21-24-38-42(27-33)47-44-37-13-7-8-14-39(37)45(43(38)44)34-11-5-2-6-12-34/h2*1-27H. The van der Waals surface area contributed by atoms with Gasteiger partial charge in [-0.25, -0.2) is 0 Å². The molecule has 0 saturated carbocycles. The summed E-state index contributed by atoms with van der Waals surface area (Å²) >= 11 is 7.59. The predicted molar refractivity (Wildman–Crippen MR) is 411 cm³/mol. The minimum absolute atomic E-state index is 1.20. The van der Waals surface area contributed by atoms with Gasteiger partial charge in [0.1, 0.15) is 0 Å². The molecule has 20 rings (SSSR count). The zero-order chi connectivity index (χ0) is 61.8. The van der Waals surface area contributed by atoms with Crippen LogP contribution in [-0.2, 0) is 0 Å². The van der Waals surface area contributed by atoms with Gasteiger partial charge < -0.3 is 9.13 Å². The molecule has 0 aliphatic carbocycles. The monoisotopic (exact) mass is 1270 g/mol. The fourth-order valence-corrected chi connectivity index (χ4v) is 19.4. The first-order chi connectivity index (χ1) is 46.6. The molecule has 0 amide bonds. The highest BCUT2D eigenvalue weighted by Gasteiger charge is 2.21. The normalized spacial score (nSPS) is 11.8. The van der Waals surface area contributed by atoms with Crippen LogP contribution in [0, 0.1) is 0 Å². The van der Waals surface area contributed by atoms with E-state index in [1.807, 2.05) is 45.3 Å². The largest absolute Gasteiger partial charge is 0.308 e. The van der Waals surface area contributed by atoms with E-state index in [-0.39, 0.29) is 0 Å². The fourth-order valence-electron chi connectivity index (χ4n) is 14.3. The van der Waals surface area contributed by atoms with Crippen LogP contribution in [0.25, 0.3) is 181 Å². The summed E-state index contributed by atoms with van der Waals surface area (Å²) in [5.41, 5.74) is 22.6. The Morgan fingerprint density at radius 3 is 0.915 bits per heavy atom. The van der Waals surface area contributed by atoms with E-state index in [9.17, 15) is 0 Å². The van der Waals surface area contributed by atoms with Crippen LogP contribution in [0.1, 0.15) is 0 Å². The van der Waals surface area contributed by atoms with Crippen LogP contribution in [0.4, 0.5) is 0 Å². The third-order valence-electron chi connectivity index (χ3n) is 18.9. The summed E-state index contributed by atoms with van der Waals surface area (Å²) in [4.78, 5) is 0. The molecule has 14 aromatic carbocycles. The molecule has 6 heterocycles. The summed E-state index contributed by atoms with van der Waals surface area (Å²) in [5.74, 6) is 0. The molecule has 0 unspecified atom stereocenters. The van der Waals surface area contributed by atoms with Crippen LogP contribution in [-0.4, -0.2) is 9.13 Å². The molecule has 94 heavy (non-hydrogen) atoms. The van der Waals surface area contributed by atoms with E-state index < -0.39 is 0 Å². The second-order valence-corrected chi connectivity index (χ2v) is 28.4. The minimum Gasteiger partial charge on any atom is -0.308 e. The summed E-state index contributed by atoms with van der Waals surface area (Å²) in [6.45, 7) is 0. The molecule has 0 atom stereocenters. The highest BCUT2D eigenvalue weighted by Crippen LogP contribution is 2.48. The number of fused-ring (bicyclic) bond motifs is 16. The van der Waals surface area contributed by atoms with Gasteiger partial charge in [0.2, 0.25) is 0 Å². The maximum atomic E-state index is 2.43. The van der Waals surface area contributed by atoms with Crippen molar-refractivity contribution in [3.8, 4) is 78.1 Å². The number of aromatic nitrogens is 2. The van der Waals surface area contributed by atoms with E-state index in [2.05, 4.69) is 337 Å². The van der Waals surface area contributed by atoms with E-state index in [1.165, 1.54) is 181 Å². The second-order valence-electron chi connectivity index (χ2n) is 24.2. The lowest BCUT2D eigenvalue weighted by atomic mass is 9.98. The fraction of sp³-hybridized carbons (Fsp3) is 0. The Balaban J connectivity index is 0.000000133. The quantitative estimate of drug-likeness (QED) is 0.143. The Labute approximate surface area is 558 Å². The van der Waals surface area contributed by atoms with Gasteiger partial charge in [-0.05, 0) is 127 Å². The van der Waals surface area contributed by atoms with Crippen molar-refractivity contribution in [3.05, 3.63) is 328 Å². The molecule has 0 fully saturated rings. The van der Waals surface area contributed by atoms with Gasteiger partial charge in [0.15, 0.2) is 0 Å². The lowest BCUT2D eigenvalue weighted by molar-refractivity contribution is 1.19. The number of thiophene rings is 4. The highest BCUT2D eigenvalue weighted by molar-refractivity contribution is 7.28. The molecule has 0 N–H and O–H groups in total. The maximum Gasteiger partial charge on any atom is 0.0727 e. The topological polar surface area (TPSA) is 9.86 Å². The van der Waals surface area contributed by atoms with Crippen LogP contribution < -0.4 is 0 Å². The number of rotatable bonds is 8. The average molecular weight is 1270 g/mol. The lowest BCUT2D eigenvalue weighted by Crippen LogP contribution is -1.92. The highest BCUT2D eigenvalue weighted by atomic mass is 32.1. The van der Waals surface area contributed by atoms with Gasteiger partial charge in [0, 0.05) is 82.7 Å². The van der Waals surface area contributed by atoms with Crippen molar-refractivity contribution in [1.82, 2.24) is 9.13 Å². The van der Waals surface area contributed by atoms with Crippen LogP contribution in [0.2, 0.25) is 0 Å². The molecule has 6 heteroatoms. The van der Waals surface area contributed by atoms with Gasteiger partial charge in [-0.15, -0.1) is 45.3 Å². The Morgan fingerprint density at radius 2 is 0.489 bits per heavy atom. The average Bonchev–Trinajstić information content (AvgIpc) is 1.58. The lowest BCUT2D eigenvalue weighted by Gasteiger charge is -2.09. The van der Waals surface area contributed by atoms with Crippen LogP contribution in [0.3, 0.4) is 0 Å². The summed E-state index contributed by atoms with van der Waals surface area (Å²) in [6.07, 6.45) is 0. The van der Waals surface area contributed by atoms with Crippen molar-refractivity contribution in [2.45, 2.75) is 0 Å². The molecule has 0 radical (unpaired) electrons. The Bertz CT molecular complexity index is 6300. The zero-order valence-electron chi connectivity index (χ0n) is 50.7. The summed E-state index contributed by atoms with van der Waals surface area (Å²) in [7, 11) is 0. The number of benzene rings is 14. The molecule has 0 bridgehead atoms. The minimum atomic E-state index is 1.20. The van der Waals surface area contributed by atoms with Gasteiger partial charge in [-0.3, -0.25) is 0 Å². The van der Waals surface area contributed by atoms with Crippen molar-refractivity contribution in [2.75, 3.05) is 0 Å². The van der Waals surface area contributed by atoms with E-state index >= 15 is 0 Å². The number of hydrogen-bond acceptors (Lipinski definition) is 4. The van der Waals surface area contributed by atoms with Gasteiger partial charge in [0.05, 0.1) is 31.5 Å². The molecule has 20 aromatic rings.